The Balaban J connectivity index is 2.38. The maximum absolute atomic E-state index is 5.72. The van der Waals surface area contributed by atoms with Crippen LogP contribution in [-0.2, 0) is 0 Å². The summed E-state index contributed by atoms with van der Waals surface area (Å²) in [4.78, 5) is 2.49. The molecule has 2 unspecified atom stereocenters. The molecule has 0 radical (unpaired) electrons. The van der Waals surface area contributed by atoms with Crippen molar-refractivity contribution in [2.45, 2.75) is 32.7 Å². The molecular formula is C11H20ClN. The standard InChI is InChI=1S/C11H20ClN/c1-9-4-5-13(11(3)6-9)8-10(2)7-12/h9,11H,2,4-8H2,1,3H3. The fraction of sp³-hybridized carbons (Fsp3) is 0.818. The van der Waals surface area contributed by atoms with Gasteiger partial charge in [0.05, 0.1) is 0 Å². The summed E-state index contributed by atoms with van der Waals surface area (Å²) in [6.07, 6.45) is 2.63. The highest BCUT2D eigenvalue weighted by Gasteiger charge is 2.22. The molecule has 1 nitrogen and oxygen atoms in total. The normalized spacial score (nSPS) is 30.4. The molecule has 1 aliphatic heterocycles. The van der Waals surface area contributed by atoms with Gasteiger partial charge in [-0.1, -0.05) is 13.5 Å². The number of piperidine rings is 1. The van der Waals surface area contributed by atoms with Gasteiger partial charge in [-0.15, -0.1) is 11.6 Å². The monoisotopic (exact) mass is 201 g/mol. The van der Waals surface area contributed by atoms with Crippen molar-refractivity contribution >= 4 is 11.6 Å². The highest BCUT2D eigenvalue weighted by atomic mass is 35.5. The third-order valence-electron chi connectivity index (χ3n) is 2.89. The van der Waals surface area contributed by atoms with Crippen LogP contribution < -0.4 is 0 Å². The highest BCUT2D eigenvalue weighted by molar-refractivity contribution is 6.19. The summed E-state index contributed by atoms with van der Waals surface area (Å²) in [6, 6.07) is 0.698. The lowest BCUT2D eigenvalue weighted by atomic mass is 9.93. The molecular weight excluding hydrogens is 182 g/mol. The van der Waals surface area contributed by atoms with E-state index >= 15 is 0 Å². The fourth-order valence-electron chi connectivity index (χ4n) is 2.02. The van der Waals surface area contributed by atoms with Gasteiger partial charge in [-0.3, -0.25) is 4.90 Å². The third kappa shape index (κ3) is 3.32. The van der Waals surface area contributed by atoms with Gasteiger partial charge in [-0.2, -0.15) is 0 Å². The van der Waals surface area contributed by atoms with E-state index in [9.17, 15) is 0 Å². The first kappa shape index (κ1) is 11.1. The van der Waals surface area contributed by atoms with Crippen LogP contribution in [0.25, 0.3) is 0 Å². The summed E-state index contributed by atoms with van der Waals surface area (Å²) in [5, 5.41) is 0. The van der Waals surface area contributed by atoms with Crippen molar-refractivity contribution in [3.8, 4) is 0 Å². The van der Waals surface area contributed by atoms with E-state index in [0.29, 0.717) is 11.9 Å². The molecule has 1 heterocycles. The molecule has 0 aromatic carbocycles. The molecule has 2 heteroatoms. The van der Waals surface area contributed by atoms with Gasteiger partial charge in [0.15, 0.2) is 0 Å². The Morgan fingerprint density at radius 1 is 1.54 bits per heavy atom. The van der Waals surface area contributed by atoms with Crippen LogP contribution >= 0.6 is 11.6 Å². The lowest BCUT2D eigenvalue weighted by Gasteiger charge is -2.36. The van der Waals surface area contributed by atoms with Crippen LogP contribution in [0.3, 0.4) is 0 Å². The van der Waals surface area contributed by atoms with Gasteiger partial charge in [0.1, 0.15) is 0 Å². The Labute approximate surface area is 86.8 Å². The topological polar surface area (TPSA) is 3.24 Å². The summed E-state index contributed by atoms with van der Waals surface area (Å²) in [6.45, 7) is 10.8. The van der Waals surface area contributed by atoms with Crippen molar-refractivity contribution in [3.05, 3.63) is 12.2 Å². The molecule has 1 fully saturated rings. The molecule has 0 saturated carbocycles. The minimum absolute atomic E-state index is 0.596. The van der Waals surface area contributed by atoms with Crippen molar-refractivity contribution in [2.75, 3.05) is 19.0 Å². The summed E-state index contributed by atoms with van der Waals surface area (Å²) >= 11 is 5.72. The summed E-state index contributed by atoms with van der Waals surface area (Å²) < 4.78 is 0. The minimum Gasteiger partial charge on any atom is -0.297 e. The summed E-state index contributed by atoms with van der Waals surface area (Å²) in [7, 11) is 0. The average molecular weight is 202 g/mol. The van der Waals surface area contributed by atoms with Crippen molar-refractivity contribution in [2.24, 2.45) is 5.92 Å². The second-order valence-corrected chi connectivity index (χ2v) is 4.60. The number of likely N-dealkylation sites (tertiary alicyclic amines) is 1. The minimum atomic E-state index is 0.596. The number of hydrogen-bond donors (Lipinski definition) is 0. The van der Waals surface area contributed by atoms with Crippen LogP contribution in [-0.4, -0.2) is 29.9 Å². The number of rotatable bonds is 3. The number of nitrogens with zero attached hydrogens (tertiary/aromatic N) is 1. The number of hydrogen-bond acceptors (Lipinski definition) is 1. The largest absolute Gasteiger partial charge is 0.297 e. The molecule has 0 N–H and O–H groups in total. The molecule has 0 aromatic rings. The highest BCUT2D eigenvalue weighted by Crippen LogP contribution is 2.22. The molecule has 1 rings (SSSR count). The molecule has 1 aliphatic rings. The van der Waals surface area contributed by atoms with Crippen molar-refractivity contribution in [3.63, 3.8) is 0 Å². The second kappa shape index (κ2) is 5.02. The maximum atomic E-state index is 5.72. The zero-order valence-corrected chi connectivity index (χ0v) is 9.48. The Morgan fingerprint density at radius 3 is 2.77 bits per heavy atom. The van der Waals surface area contributed by atoms with E-state index in [1.165, 1.54) is 19.4 Å². The Kier molecular flexibility index (Phi) is 4.27. The molecule has 13 heavy (non-hydrogen) atoms. The van der Waals surface area contributed by atoms with Gasteiger partial charge in [-0.25, -0.2) is 0 Å². The van der Waals surface area contributed by atoms with Crippen molar-refractivity contribution in [1.29, 1.82) is 0 Å². The van der Waals surface area contributed by atoms with Crippen LogP contribution in [0.1, 0.15) is 26.7 Å². The lowest BCUT2D eigenvalue weighted by Crippen LogP contribution is -2.41. The van der Waals surface area contributed by atoms with Crippen LogP contribution in [0.15, 0.2) is 12.2 Å². The van der Waals surface area contributed by atoms with Crippen LogP contribution in [0.4, 0.5) is 0 Å². The predicted molar refractivity (Wildman–Crippen MR) is 59.3 cm³/mol. The van der Waals surface area contributed by atoms with Crippen molar-refractivity contribution < 1.29 is 0 Å². The summed E-state index contributed by atoms with van der Waals surface area (Å²) in [5.41, 5.74) is 1.14. The number of halogens is 1. The first-order valence-corrected chi connectivity index (χ1v) is 5.63. The zero-order chi connectivity index (χ0) is 9.84. The van der Waals surface area contributed by atoms with E-state index in [1.807, 2.05) is 0 Å². The first-order valence-electron chi connectivity index (χ1n) is 5.10. The van der Waals surface area contributed by atoms with Gasteiger partial charge in [0.25, 0.3) is 0 Å². The van der Waals surface area contributed by atoms with Crippen LogP contribution in [0.5, 0.6) is 0 Å². The fourth-order valence-corrected chi connectivity index (χ4v) is 2.10. The van der Waals surface area contributed by atoms with E-state index in [1.54, 1.807) is 0 Å². The Morgan fingerprint density at radius 2 is 2.23 bits per heavy atom. The smallest absolute Gasteiger partial charge is 0.0443 e. The van der Waals surface area contributed by atoms with Gasteiger partial charge in [-0.05, 0) is 37.8 Å². The molecule has 2 atom stereocenters. The van der Waals surface area contributed by atoms with E-state index in [-0.39, 0.29) is 0 Å². The maximum Gasteiger partial charge on any atom is 0.0443 e. The van der Waals surface area contributed by atoms with E-state index < -0.39 is 0 Å². The van der Waals surface area contributed by atoms with Gasteiger partial charge in [0, 0.05) is 18.5 Å². The van der Waals surface area contributed by atoms with E-state index in [2.05, 4.69) is 25.3 Å². The Bertz CT molecular complexity index is 179. The average Bonchev–Trinajstić information content (AvgIpc) is 2.09. The van der Waals surface area contributed by atoms with Gasteiger partial charge >= 0.3 is 0 Å². The van der Waals surface area contributed by atoms with Crippen LogP contribution in [0.2, 0.25) is 0 Å². The zero-order valence-electron chi connectivity index (χ0n) is 8.72. The molecule has 0 bridgehead atoms. The molecule has 0 aromatic heterocycles. The molecule has 1 saturated heterocycles. The quantitative estimate of drug-likeness (QED) is 0.502. The molecule has 0 spiro atoms. The second-order valence-electron chi connectivity index (χ2n) is 4.33. The van der Waals surface area contributed by atoms with Gasteiger partial charge in [0.2, 0.25) is 0 Å². The third-order valence-corrected chi connectivity index (χ3v) is 3.27. The first-order chi connectivity index (χ1) is 6.13. The van der Waals surface area contributed by atoms with Crippen molar-refractivity contribution in [1.82, 2.24) is 4.90 Å². The molecule has 76 valence electrons. The van der Waals surface area contributed by atoms with E-state index in [0.717, 1.165) is 18.0 Å². The SMILES string of the molecule is C=C(CCl)CN1CCC(C)CC1C. The Hall–Kier alpha value is -0.0100. The predicted octanol–water partition coefficient (Wildman–Crippen LogP) is 2.90. The van der Waals surface area contributed by atoms with Crippen LogP contribution in [0, 0.1) is 5.92 Å². The molecule has 0 amide bonds. The lowest BCUT2D eigenvalue weighted by molar-refractivity contribution is 0.141. The number of alkyl halides is 1. The van der Waals surface area contributed by atoms with E-state index in [4.69, 9.17) is 11.6 Å². The van der Waals surface area contributed by atoms with Gasteiger partial charge < -0.3 is 0 Å². The summed E-state index contributed by atoms with van der Waals surface area (Å²) in [5.74, 6) is 1.48. The molecule has 0 aliphatic carbocycles.